The highest BCUT2D eigenvalue weighted by atomic mass is 16.5. The fourth-order valence-corrected chi connectivity index (χ4v) is 10.4. The van der Waals surface area contributed by atoms with Crippen LogP contribution in [-0.4, -0.2) is 62.3 Å². The Morgan fingerprint density at radius 1 is 1.11 bits per heavy atom. The lowest BCUT2D eigenvalue weighted by Crippen LogP contribution is -2.68. The third-order valence-corrected chi connectivity index (χ3v) is 12.6. The molecular formula is C35H45N3O6. The minimum absolute atomic E-state index is 0.0384. The standard InChI is InChI=1S/C35H45N3O6/c1-32-13-10-27-28(35(32,43)16-12-26(32)23-17-31(41)44-20-23)11-15-34(42)18-24(39)9-14-33(27,34)21-37-38-30(40)8-4-5-22-19-36-29-7-3-2-6-25(22)29/h2-3,6-7,17,19,21,24,26-28,36,39,42-43H,4-5,8-16,18,20H2,1H3,(H,38,40)/b37-21+/t24-,26?,27+,28-,32?,33?,34?,35?/m1/s1. The Morgan fingerprint density at radius 3 is 2.75 bits per heavy atom. The van der Waals surface area contributed by atoms with Crippen molar-refractivity contribution in [3.63, 3.8) is 0 Å². The summed E-state index contributed by atoms with van der Waals surface area (Å²) < 4.78 is 5.25. The van der Waals surface area contributed by atoms with Gasteiger partial charge in [-0.3, -0.25) is 4.79 Å². The van der Waals surface area contributed by atoms with E-state index in [9.17, 15) is 24.9 Å². The molecule has 1 aromatic heterocycles. The first-order chi connectivity index (χ1) is 21.1. The van der Waals surface area contributed by atoms with Crippen molar-refractivity contribution in [2.45, 2.75) is 101 Å². The highest BCUT2D eigenvalue weighted by Gasteiger charge is 2.71. The largest absolute Gasteiger partial charge is 0.458 e. The van der Waals surface area contributed by atoms with E-state index in [0.29, 0.717) is 51.6 Å². The lowest BCUT2D eigenvalue weighted by atomic mass is 9.41. The second-order valence-corrected chi connectivity index (χ2v) is 14.5. The van der Waals surface area contributed by atoms with E-state index in [1.165, 1.54) is 10.9 Å². The number of aromatic nitrogens is 1. The number of H-pyrrole nitrogens is 1. The van der Waals surface area contributed by atoms with Crippen molar-refractivity contribution in [1.29, 1.82) is 0 Å². The molecule has 0 spiro atoms. The summed E-state index contributed by atoms with van der Waals surface area (Å²) in [5.41, 5.74) is 2.75. The van der Waals surface area contributed by atoms with E-state index in [4.69, 9.17) is 4.74 Å². The molecule has 8 atom stereocenters. The monoisotopic (exact) mass is 603 g/mol. The smallest absolute Gasteiger partial charge is 0.331 e. The Balaban J connectivity index is 1.08. The van der Waals surface area contributed by atoms with Crippen molar-refractivity contribution in [3.05, 3.63) is 47.7 Å². The topological polar surface area (TPSA) is 144 Å². The number of cyclic esters (lactones) is 1. The van der Waals surface area contributed by atoms with Crippen molar-refractivity contribution in [1.82, 2.24) is 10.4 Å². The zero-order chi connectivity index (χ0) is 30.7. The molecule has 0 radical (unpaired) electrons. The van der Waals surface area contributed by atoms with Crippen LogP contribution in [0, 0.1) is 28.6 Å². The van der Waals surface area contributed by atoms with Crippen LogP contribution in [-0.2, 0) is 20.7 Å². The highest BCUT2D eigenvalue weighted by Crippen LogP contribution is 2.70. The number of nitrogens with one attached hydrogen (secondary N) is 2. The van der Waals surface area contributed by atoms with E-state index in [0.717, 1.165) is 36.8 Å². The summed E-state index contributed by atoms with van der Waals surface area (Å²) in [5, 5.41) is 41.0. The molecule has 4 aliphatic carbocycles. The van der Waals surface area contributed by atoms with Crippen molar-refractivity contribution < 1.29 is 29.6 Å². The number of esters is 1. The molecule has 1 aliphatic heterocycles. The number of hydrazone groups is 1. The zero-order valence-corrected chi connectivity index (χ0v) is 25.6. The zero-order valence-electron chi connectivity index (χ0n) is 25.6. The predicted octanol–water partition coefficient (Wildman–Crippen LogP) is 4.31. The number of carbonyl (C=O) groups is 2. The molecule has 2 aromatic rings. The summed E-state index contributed by atoms with van der Waals surface area (Å²) in [5.74, 6) is -0.477. The van der Waals surface area contributed by atoms with Crippen LogP contribution in [0.5, 0.6) is 0 Å². The molecule has 9 heteroatoms. The number of benzene rings is 1. The minimum Gasteiger partial charge on any atom is -0.458 e. The first-order valence-corrected chi connectivity index (χ1v) is 16.5. The van der Waals surface area contributed by atoms with E-state index < -0.39 is 28.1 Å². The average Bonchev–Trinajstić information content (AvgIpc) is 3.68. The molecule has 5 aliphatic rings. The average molecular weight is 604 g/mol. The van der Waals surface area contributed by atoms with Gasteiger partial charge in [0.1, 0.15) is 6.61 Å². The molecule has 7 rings (SSSR count). The second-order valence-electron chi connectivity index (χ2n) is 14.5. The lowest BCUT2D eigenvalue weighted by Gasteiger charge is -2.65. The maximum Gasteiger partial charge on any atom is 0.331 e. The number of hydrogen-bond acceptors (Lipinski definition) is 7. The summed E-state index contributed by atoms with van der Waals surface area (Å²) >= 11 is 0. The maximum atomic E-state index is 12.9. The number of rotatable bonds is 7. The van der Waals surface area contributed by atoms with Crippen LogP contribution in [0.4, 0.5) is 0 Å². The van der Waals surface area contributed by atoms with Crippen LogP contribution in [0.25, 0.3) is 10.9 Å². The highest BCUT2D eigenvalue weighted by molar-refractivity contribution is 5.85. The number of para-hydroxylation sites is 1. The number of ether oxygens (including phenoxy) is 1. The van der Waals surface area contributed by atoms with Crippen LogP contribution in [0.3, 0.4) is 0 Å². The molecule has 5 unspecified atom stereocenters. The van der Waals surface area contributed by atoms with Crippen LogP contribution in [0.15, 0.2) is 47.2 Å². The molecule has 0 saturated heterocycles. The van der Waals surface area contributed by atoms with Crippen LogP contribution >= 0.6 is 0 Å². The summed E-state index contributed by atoms with van der Waals surface area (Å²) in [6, 6.07) is 8.14. The lowest BCUT2D eigenvalue weighted by molar-refractivity contribution is -0.237. The van der Waals surface area contributed by atoms with Crippen molar-refractivity contribution >= 4 is 29.0 Å². The molecule has 4 saturated carbocycles. The summed E-state index contributed by atoms with van der Waals surface area (Å²) in [4.78, 5) is 28.0. The number of nitrogens with zero attached hydrogens (tertiary/aromatic N) is 1. The fraction of sp³-hybridized carbons (Fsp3) is 0.629. The second kappa shape index (κ2) is 10.8. The Labute approximate surface area is 258 Å². The van der Waals surface area contributed by atoms with Gasteiger partial charge in [-0.25, -0.2) is 10.2 Å². The Hall–Kier alpha value is -3.01. The Kier molecular flexibility index (Phi) is 7.29. The van der Waals surface area contributed by atoms with Gasteiger partial charge in [-0.2, -0.15) is 5.10 Å². The predicted molar refractivity (Wildman–Crippen MR) is 165 cm³/mol. The SMILES string of the molecule is CC12CC[C@H]3[C@@H](CCC4(O)C[C@H](O)CCC34/C=N/NC(=O)CCCc3c[nH]c4ccccc34)C1(O)CCC2C1=CC(=O)OC1. The van der Waals surface area contributed by atoms with Gasteiger partial charge in [0, 0.05) is 53.1 Å². The first-order valence-electron chi connectivity index (χ1n) is 16.5. The molecule has 9 nitrogen and oxygen atoms in total. The van der Waals surface area contributed by atoms with Gasteiger partial charge >= 0.3 is 5.97 Å². The van der Waals surface area contributed by atoms with E-state index >= 15 is 0 Å². The molecule has 5 N–H and O–H groups in total. The van der Waals surface area contributed by atoms with E-state index in [2.05, 4.69) is 28.5 Å². The minimum atomic E-state index is -1.16. The van der Waals surface area contributed by atoms with E-state index in [1.54, 1.807) is 12.3 Å². The first kappa shape index (κ1) is 29.7. The van der Waals surface area contributed by atoms with Crippen molar-refractivity contribution in [2.24, 2.45) is 33.7 Å². The van der Waals surface area contributed by atoms with Crippen molar-refractivity contribution in [2.75, 3.05) is 6.61 Å². The van der Waals surface area contributed by atoms with Gasteiger partial charge in [0.15, 0.2) is 0 Å². The molecular weight excluding hydrogens is 558 g/mol. The van der Waals surface area contributed by atoms with Gasteiger partial charge in [0.25, 0.3) is 0 Å². The Morgan fingerprint density at radius 2 is 1.93 bits per heavy atom. The fourth-order valence-electron chi connectivity index (χ4n) is 10.4. The van der Waals surface area contributed by atoms with Crippen LogP contribution < -0.4 is 5.43 Å². The molecule has 0 bridgehead atoms. The molecule has 1 aromatic carbocycles. The van der Waals surface area contributed by atoms with Gasteiger partial charge in [-0.05, 0) is 99.2 Å². The maximum absolute atomic E-state index is 12.9. The summed E-state index contributed by atoms with van der Waals surface area (Å²) in [7, 11) is 0. The van der Waals surface area contributed by atoms with Gasteiger partial charge in [0.05, 0.1) is 17.3 Å². The summed E-state index contributed by atoms with van der Waals surface area (Å²) in [6.07, 6.45) is 12.1. The number of aliphatic hydroxyl groups is 3. The third kappa shape index (κ3) is 4.49. The van der Waals surface area contributed by atoms with E-state index in [-0.39, 0.29) is 36.1 Å². The third-order valence-electron chi connectivity index (χ3n) is 12.6. The number of fused-ring (bicyclic) bond motifs is 6. The van der Waals surface area contributed by atoms with Crippen LogP contribution in [0.1, 0.15) is 83.1 Å². The van der Waals surface area contributed by atoms with Gasteiger partial charge in [-0.15, -0.1) is 0 Å². The summed E-state index contributed by atoms with van der Waals surface area (Å²) in [6.45, 7) is 2.48. The molecule has 4 fully saturated rings. The number of carbonyl (C=O) groups excluding carboxylic acids is 2. The molecule has 236 valence electrons. The number of aryl methyl sites for hydroxylation is 1. The molecule has 44 heavy (non-hydrogen) atoms. The van der Waals surface area contributed by atoms with Crippen molar-refractivity contribution in [3.8, 4) is 0 Å². The van der Waals surface area contributed by atoms with Gasteiger partial charge < -0.3 is 25.0 Å². The van der Waals surface area contributed by atoms with E-state index in [1.807, 2.05) is 24.4 Å². The number of aliphatic hydroxyl groups excluding tert-OH is 1. The van der Waals surface area contributed by atoms with Gasteiger partial charge in [0.2, 0.25) is 5.91 Å². The van der Waals surface area contributed by atoms with Gasteiger partial charge in [-0.1, -0.05) is 25.1 Å². The number of hydrogen-bond donors (Lipinski definition) is 5. The molecule has 2 heterocycles. The Bertz CT molecular complexity index is 1520. The number of aromatic amines is 1. The molecule has 1 amide bonds. The quantitative estimate of drug-likeness (QED) is 0.181. The number of amides is 1. The normalized spacial score (nSPS) is 39.9. The van der Waals surface area contributed by atoms with Crippen LogP contribution in [0.2, 0.25) is 0 Å².